The molecule has 0 bridgehead atoms. The molecule has 0 aliphatic carbocycles. The summed E-state index contributed by atoms with van der Waals surface area (Å²) in [5, 5.41) is 3.43. The summed E-state index contributed by atoms with van der Waals surface area (Å²) in [5.74, 6) is 1.25. The van der Waals surface area contributed by atoms with Crippen molar-refractivity contribution in [2.24, 2.45) is 5.41 Å². The van der Waals surface area contributed by atoms with Gasteiger partial charge in [-0.1, -0.05) is 6.92 Å². The first-order chi connectivity index (χ1) is 6.66. The summed E-state index contributed by atoms with van der Waals surface area (Å²) in [6.07, 6.45) is 4.84. The molecule has 1 aliphatic rings. The van der Waals surface area contributed by atoms with Crippen LogP contribution in [0.25, 0.3) is 0 Å². The summed E-state index contributed by atoms with van der Waals surface area (Å²) >= 11 is 1.94. The normalized spacial score (nSPS) is 21.4. The van der Waals surface area contributed by atoms with Crippen molar-refractivity contribution in [3.63, 3.8) is 0 Å². The molecule has 0 aromatic heterocycles. The van der Waals surface area contributed by atoms with Gasteiger partial charge < -0.3 is 10.2 Å². The monoisotopic (exact) mass is 216 g/mol. The van der Waals surface area contributed by atoms with E-state index in [9.17, 15) is 0 Å². The van der Waals surface area contributed by atoms with Crippen LogP contribution in [0.2, 0.25) is 0 Å². The van der Waals surface area contributed by atoms with E-state index in [0.717, 1.165) is 0 Å². The van der Waals surface area contributed by atoms with Crippen molar-refractivity contribution in [2.45, 2.75) is 19.8 Å². The molecule has 1 heterocycles. The van der Waals surface area contributed by atoms with Gasteiger partial charge in [0.15, 0.2) is 0 Å². The van der Waals surface area contributed by atoms with Crippen LogP contribution in [0.5, 0.6) is 0 Å². The molecule has 0 radical (unpaired) electrons. The number of piperidine rings is 1. The molecule has 2 nitrogen and oxygen atoms in total. The number of nitrogens with one attached hydrogen (secondary N) is 1. The highest BCUT2D eigenvalue weighted by Crippen LogP contribution is 2.28. The fourth-order valence-corrected chi connectivity index (χ4v) is 2.66. The van der Waals surface area contributed by atoms with Gasteiger partial charge in [0.25, 0.3) is 0 Å². The third-order valence-corrected chi connectivity index (χ3v) is 3.73. The molecule has 0 amide bonds. The summed E-state index contributed by atoms with van der Waals surface area (Å²) in [4.78, 5) is 2.49. The van der Waals surface area contributed by atoms with E-state index in [4.69, 9.17) is 0 Å². The van der Waals surface area contributed by atoms with E-state index in [1.165, 1.54) is 44.8 Å². The minimum Gasteiger partial charge on any atom is -0.317 e. The Bertz CT molecular complexity index is 155. The predicted octanol–water partition coefficient (Wildman–Crippen LogP) is 1.67. The largest absolute Gasteiger partial charge is 0.317 e. The van der Waals surface area contributed by atoms with Gasteiger partial charge in [-0.25, -0.2) is 0 Å². The molecule has 0 spiro atoms. The van der Waals surface area contributed by atoms with E-state index in [0.29, 0.717) is 5.41 Å². The molecule has 14 heavy (non-hydrogen) atoms. The summed E-state index contributed by atoms with van der Waals surface area (Å²) in [6, 6.07) is 0. The molecule has 3 heteroatoms. The maximum Gasteiger partial charge on any atom is 0.00694 e. The molecule has 0 atom stereocenters. The molecule has 0 aromatic carbocycles. The fraction of sp³-hybridized carbons (Fsp3) is 1.00. The van der Waals surface area contributed by atoms with Crippen molar-refractivity contribution in [1.29, 1.82) is 0 Å². The van der Waals surface area contributed by atoms with Crippen molar-refractivity contribution < 1.29 is 0 Å². The Kier molecular flexibility index (Phi) is 5.28. The Hall–Kier alpha value is 0.270. The van der Waals surface area contributed by atoms with E-state index in [1.54, 1.807) is 0 Å². The maximum absolute atomic E-state index is 3.43. The number of hydrogen-bond acceptors (Lipinski definition) is 3. The Labute approximate surface area is 92.8 Å². The van der Waals surface area contributed by atoms with Gasteiger partial charge in [0.2, 0.25) is 0 Å². The first-order valence-electron chi connectivity index (χ1n) is 5.54. The lowest BCUT2D eigenvalue weighted by molar-refractivity contribution is 0.152. The molecule has 1 N–H and O–H groups in total. The molecule has 1 fully saturated rings. The smallest absolute Gasteiger partial charge is 0.00694 e. The molecule has 0 saturated carbocycles. The summed E-state index contributed by atoms with van der Waals surface area (Å²) < 4.78 is 0. The molecule has 0 aromatic rings. The standard InChI is InChI=1S/C11H24N2S/c1-11(4-6-12-7-5-11)10-13(2)8-9-14-3/h12H,4-10H2,1-3H3. The lowest BCUT2D eigenvalue weighted by Gasteiger charge is -2.37. The van der Waals surface area contributed by atoms with E-state index in [-0.39, 0.29) is 0 Å². The van der Waals surface area contributed by atoms with Crippen LogP contribution >= 0.6 is 11.8 Å². The van der Waals surface area contributed by atoms with Crippen molar-refractivity contribution in [3.05, 3.63) is 0 Å². The number of rotatable bonds is 5. The number of hydrogen-bond donors (Lipinski definition) is 1. The van der Waals surface area contributed by atoms with Crippen molar-refractivity contribution in [3.8, 4) is 0 Å². The molecule has 1 saturated heterocycles. The highest BCUT2D eigenvalue weighted by Gasteiger charge is 2.27. The second-order valence-corrected chi connectivity index (χ2v) is 5.78. The highest BCUT2D eigenvalue weighted by molar-refractivity contribution is 7.98. The zero-order valence-corrected chi connectivity index (χ0v) is 10.6. The van der Waals surface area contributed by atoms with Crippen molar-refractivity contribution in [1.82, 2.24) is 10.2 Å². The SMILES string of the molecule is CSCCN(C)CC1(C)CCNCC1. The first-order valence-corrected chi connectivity index (χ1v) is 6.94. The molecular weight excluding hydrogens is 192 g/mol. The Morgan fingerprint density at radius 1 is 1.36 bits per heavy atom. The molecule has 84 valence electrons. The fourth-order valence-electron chi connectivity index (χ4n) is 2.17. The quantitative estimate of drug-likeness (QED) is 0.752. The Morgan fingerprint density at radius 2 is 2.00 bits per heavy atom. The van der Waals surface area contributed by atoms with Gasteiger partial charge in [0.1, 0.15) is 0 Å². The first kappa shape index (κ1) is 12.3. The molecule has 1 aliphatic heterocycles. The second kappa shape index (κ2) is 5.99. The molecule has 0 unspecified atom stereocenters. The topological polar surface area (TPSA) is 15.3 Å². The van der Waals surface area contributed by atoms with Gasteiger partial charge in [-0.2, -0.15) is 11.8 Å². The molecule has 1 rings (SSSR count). The van der Waals surface area contributed by atoms with Crippen LogP contribution in [-0.4, -0.2) is 50.1 Å². The highest BCUT2D eigenvalue weighted by atomic mass is 32.2. The van der Waals surface area contributed by atoms with Crippen LogP contribution in [0.1, 0.15) is 19.8 Å². The minimum absolute atomic E-state index is 0.554. The van der Waals surface area contributed by atoms with Crippen LogP contribution in [0, 0.1) is 5.41 Å². The van der Waals surface area contributed by atoms with Crippen LogP contribution in [0.15, 0.2) is 0 Å². The van der Waals surface area contributed by atoms with Crippen LogP contribution in [0.3, 0.4) is 0 Å². The van der Waals surface area contributed by atoms with Gasteiger partial charge in [-0.05, 0) is 44.6 Å². The van der Waals surface area contributed by atoms with Gasteiger partial charge in [-0.15, -0.1) is 0 Å². The zero-order chi connectivity index (χ0) is 10.4. The van der Waals surface area contributed by atoms with Crippen LogP contribution in [0.4, 0.5) is 0 Å². The number of nitrogens with zero attached hydrogens (tertiary/aromatic N) is 1. The van der Waals surface area contributed by atoms with Gasteiger partial charge in [0.05, 0.1) is 0 Å². The van der Waals surface area contributed by atoms with E-state index in [2.05, 4.69) is 30.4 Å². The third kappa shape index (κ3) is 4.20. The van der Waals surface area contributed by atoms with Crippen molar-refractivity contribution >= 4 is 11.8 Å². The van der Waals surface area contributed by atoms with E-state index >= 15 is 0 Å². The van der Waals surface area contributed by atoms with Gasteiger partial charge in [-0.3, -0.25) is 0 Å². The average Bonchev–Trinajstić information content (AvgIpc) is 2.15. The van der Waals surface area contributed by atoms with Gasteiger partial charge >= 0.3 is 0 Å². The summed E-state index contributed by atoms with van der Waals surface area (Å²) in [7, 11) is 2.25. The average molecular weight is 216 g/mol. The lowest BCUT2D eigenvalue weighted by Crippen LogP contribution is -2.42. The lowest BCUT2D eigenvalue weighted by atomic mass is 9.80. The molecular formula is C11H24N2S. The predicted molar refractivity (Wildman–Crippen MR) is 66.1 cm³/mol. The summed E-state index contributed by atoms with van der Waals surface area (Å²) in [5.41, 5.74) is 0.554. The van der Waals surface area contributed by atoms with Crippen LogP contribution < -0.4 is 5.32 Å². The van der Waals surface area contributed by atoms with E-state index < -0.39 is 0 Å². The van der Waals surface area contributed by atoms with E-state index in [1.807, 2.05) is 11.8 Å². The van der Waals surface area contributed by atoms with Crippen LogP contribution in [-0.2, 0) is 0 Å². The number of thioether (sulfide) groups is 1. The van der Waals surface area contributed by atoms with Crippen molar-refractivity contribution in [2.75, 3.05) is 45.2 Å². The maximum atomic E-state index is 3.43. The summed E-state index contributed by atoms with van der Waals surface area (Å²) in [6.45, 7) is 7.32. The minimum atomic E-state index is 0.554. The second-order valence-electron chi connectivity index (χ2n) is 4.79. The zero-order valence-electron chi connectivity index (χ0n) is 9.81. The Morgan fingerprint density at radius 3 is 2.57 bits per heavy atom. The third-order valence-electron chi connectivity index (χ3n) is 3.14. The Balaban J connectivity index is 2.25. The van der Waals surface area contributed by atoms with Gasteiger partial charge in [0, 0.05) is 18.8 Å².